The number of aliphatic carboxylic acids is 1. The predicted octanol–water partition coefficient (Wildman–Crippen LogP) is 4.40. The van der Waals surface area contributed by atoms with Crippen LogP contribution in [0.5, 0.6) is 11.8 Å². The number of rotatable bonds is 5. The third-order valence-electron chi connectivity index (χ3n) is 6.77. The van der Waals surface area contributed by atoms with Gasteiger partial charge in [0.05, 0.1) is 34.0 Å². The van der Waals surface area contributed by atoms with Crippen LogP contribution in [-0.4, -0.2) is 25.9 Å². The molecule has 3 heterocycles. The summed E-state index contributed by atoms with van der Waals surface area (Å²) in [6.45, 7) is 1.90. The first kappa shape index (κ1) is 19.5. The van der Waals surface area contributed by atoms with E-state index in [1.54, 1.807) is 12.1 Å². The highest BCUT2D eigenvalue weighted by atomic mass is 16.5. The highest BCUT2D eigenvalue weighted by Crippen LogP contribution is 2.66. The normalized spacial score (nSPS) is 23.7. The van der Waals surface area contributed by atoms with Gasteiger partial charge in [0.1, 0.15) is 5.60 Å². The fourth-order valence-corrected chi connectivity index (χ4v) is 5.44. The van der Waals surface area contributed by atoms with Gasteiger partial charge in [0.15, 0.2) is 0 Å². The zero-order valence-electron chi connectivity index (χ0n) is 17.1. The smallest absolute Gasteiger partial charge is 0.303 e. The van der Waals surface area contributed by atoms with E-state index in [-0.39, 0.29) is 18.2 Å². The van der Waals surface area contributed by atoms with Crippen molar-refractivity contribution in [2.75, 3.05) is 0 Å². The Labute approximate surface area is 178 Å². The fourth-order valence-electron chi connectivity index (χ4n) is 5.44. The Kier molecular flexibility index (Phi) is 4.08. The van der Waals surface area contributed by atoms with E-state index in [0.29, 0.717) is 48.1 Å². The maximum Gasteiger partial charge on any atom is 0.303 e. The van der Waals surface area contributed by atoms with Crippen molar-refractivity contribution in [2.24, 2.45) is 0 Å². The molecular formula is C24H22N2O5. The lowest BCUT2D eigenvalue weighted by atomic mass is 9.77. The average Bonchev–Trinajstić information content (AvgIpc) is 3.32. The SMILES string of the molecule is C[C@]12CCC(CCCC(=O)O)(O1)c1c2c(O)n(-c2ccc(C#N)c3ccccc23)c1O. The number of ether oxygens (including phenoxy) is 1. The average molecular weight is 418 g/mol. The monoisotopic (exact) mass is 418 g/mol. The molecule has 2 atom stereocenters. The van der Waals surface area contributed by atoms with Crippen molar-refractivity contribution in [1.29, 1.82) is 5.26 Å². The van der Waals surface area contributed by atoms with E-state index in [9.17, 15) is 20.3 Å². The largest absolute Gasteiger partial charge is 0.494 e. The van der Waals surface area contributed by atoms with Crippen LogP contribution in [0.2, 0.25) is 0 Å². The van der Waals surface area contributed by atoms with Gasteiger partial charge in [-0.25, -0.2) is 0 Å². The van der Waals surface area contributed by atoms with Crippen molar-refractivity contribution in [3.05, 3.63) is 53.1 Å². The first-order chi connectivity index (χ1) is 14.8. The topological polar surface area (TPSA) is 116 Å². The van der Waals surface area contributed by atoms with Gasteiger partial charge in [-0.2, -0.15) is 5.26 Å². The predicted molar refractivity (Wildman–Crippen MR) is 112 cm³/mol. The van der Waals surface area contributed by atoms with Crippen LogP contribution in [0.1, 0.15) is 55.7 Å². The van der Waals surface area contributed by atoms with Gasteiger partial charge >= 0.3 is 5.97 Å². The fraction of sp³-hybridized carbons (Fsp3) is 0.333. The number of hydrogen-bond donors (Lipinski definition) is 3. The van der Waals surface area contributed by atoms with Crippen LogP contribution in [0, 0.1) is 11.3 Å². The van der Waals surface area contributed by atoms with Crippen molar-refractivity contribution in [3.63, 3.8) is 0 Å². The maximum atomic E-state index is 11.3. The van der Waals surface area contributed by atoms with Gasteiger partial charge < -0.3 is 20.1 Å². The summed E-state index contributed by atoms with van der Waals surface area (Å²) in [5.74, 6) is -1.05. The van der Waals surface area contributed by atoms with Gasteiger partial charge in [-0.3, -0.25) is 9.36 Å². The molecule has 1 saturated heterocycles. The summed E-state index contributed by atoms with van der Waals surface area (Å²) < 4.78 is 7.77. The molecule has 0 radical (unpaired) electrons. The van der Waals surface area contributed by atoms with Gasteiger partial charge in [-0.05, 0) is 44.7 Å². The Morgan fingerprint density at radius 3 is 2.55 bits per heavy atom. The highest BCUT2D eigenvalue weighted by Gasteiger charge is 2.61. The van der Waals surface area contributed by atoms with Gasteiger partial charge in [0, 0.05) is 17.2 Å². The molecular weight excluding hydrogens is 396 g/mol. The van der Waals surface area contributed by atoms with Gasteiger partial charge in [-0.15, -0.1) is 0 Å². The molecule has 3 N–H and O–H groups in total. The van der Waals surface area contributed by atoms with Crippen molar-refractivity contribution >= 4 is 16.7 Å². The van der Waals surface area contributed by atoms with E-state index in [1.807, 2.05) is 31.2 Å². The van der Waals surface area contributed by atoms with Gasteiger partial charge in [-0.1, -0.05) is 24.3 Å². The van der Waals surface area contributed by atoms with Crippen LogP contribution in [0.4, 0.5) is 0 Å². The van der Waals surface area contributed by atoms with Gasteiger partial charge in [0.2, 0.25) is 11.8 Å². The van der Waals surface area contributed by atoms with Crippen molar-refractivity contribution in [1.82, 2.24) is 4.57 Å². The standard InChI is InChI=1S/C24H22N2O5/c1-23-11-12-24(31-23,10-4-7-18(27)28)20-19(23)21(29)26(22(20)30)17-9-8-14(13-25)15-5-2-3-6-16(15)17/h2-3,5-6,8-9,29-30H,4,7,10-12H2,1H3,(H,27,28)/t23-,24?/m1/s1. The highest BCUT2D eigenvalue weighted by molar-refractivity contribution is 5.95. The molecule has 0 spiro atoms. The summed E-state index contributed by atoms with van der Waals surface area (Å²) in [7, 11) is 0. The van der Waals surface area contributed by atoms with Crippen LogP contribution < -0.4 is 0 Å². The van der Waals surface area contributed by atoms with E-state index in [1.165, 1.54) is 4.57 Å². The summed E-state index contributed by atoms with van der Waals surface area (Å²) in [4.78, 5) is 11.0. The van der Waals surface area contributed by atoms with Crippen LogP contribution in [0.25, 0.3) is 16.5 Å². The molecule has 0 saturated carbocycles. The van der Waals surface area contributed by atoms with Gasteiger partial charge in [0.25, 0.3) is 0 Å². The molecule has 2 aliphatic rings. The second-order valence-corrected chi connectivity index (χ2v) is 8.60. The summed E-state index contributed by atoms with van der Waals surface area (Å²) >= 11 is 0. The molecule has 2 aromatic carbocycles. The first-order valence-electron chi connectivity index (χ1n) is 10.3. The van der Waals surface area contributed by atoms with E-state index in [4.69, 9.17) is 9.84 Å². The molecule has 3 aromatic rings. The lowest BCUT2D eigenvalue weighted by molar-refractivity contribution is -0.137. The number of carboxylic acid groups (broad SMARTS) is 1. The maximum absolute atomic E-state index is 11.3. The van der Waals surface area contributed by atoms with Crippen molar-refractivity contribution in [2.45, 2.75) is 50.2 Å². The second-order valence-electron chi connectivity index (χ2n) is 8.60. The Morgan fingerprint density at radius 2 is 1.84 bits per heavy atom. The molecule has 1 fully saturated rings. The molecule has 1 unspecified atom stereocenters. The number of fused-ring (bicyclic) bond motifs is 6. The van der Waals surface area contributed by atoms with E-state index in [0.717, 1.165) is 10.8 Å². The summed E-state index contributed by atoms with van der Waals surface area (Å²) in [6.07, 6.45) is 2.22. The quantitative estimate of drug-likeness (QED) is 0.565. The number of aromatic hydroxyl groups is 2. The molecule has 2 aliphatic heterocycles. The zero-order valence-corrected chi connectivity index (χ0v) is 17.1. The third kappa shape index (κ3) is 2.58. The first-order valence-corrected chi connectivity index (χ1v) is 10.3. The second kappa shape index (κ2) is 6.50. The summed E-state index contributed by atoms with van der Waals surface area (Å²) in [5, 5.41) is 42.5. The molecule has 7 heteroatoms. The number of nitrogens with zero attached hydrogens (tertiary/aromatic N) is 2. The Hall–Kier alpha value is -3.50. The van der Waals surface area contributed by atoms with Crippen LogP contribution in [0.15, 0.2) is 36.4 Å². The minimum absolute atomic E-state index is 0.0187. The zero-order chi connectivity index (χ0) is 22.0. The minimum Gasteiger partial charge on any atom is -0.494 e. The summed E-state index contributed by atoms with van der Waals surface area (Å²) in [6, 6.07) is 13.0. The molecule has 7 nitrogen and oxygen atoms in total. The van der Waals surface area contributed by atoms with E-state index >= 15 is 0 Å². The number of aromatic nitrogens is 1. The Bertz CT molecular complexity index is 1290. The number of nitriles is 1. The van der Waals surface area contributed by atoms with E-state index in [2.05, 4.69) is 6.07 Å². The molecule has 158 valence electrons. The van der Waals surface area contributed by atoms with E-state index < -0.39 is 17.2 Å². The Morgan fingerprint density at radius 1 is 1.13 bits per heavy atom. The van der Waals surface area contributed by atoms with Crippen LogP contribution >= 0.6 is 0 Å². The summed E-state index contributed by atoms with van der Waals surface area (Å²) in [5.41, 5.74) is 0.654. The lowest BCUT2D eigenvalue weighted by Gasteiger charge is -2.26. The molecule has 2 bridgehead atoms. The Balaban J connectivity index is 1.71. The van der Waals surface area contributed by atoms with Crippen LogP contribution in [-0.2, 0) is 20.7 Å². The van der Waals surface area contributed by atoms with Crippen molar-refractivity contribution in [3.8, 4) is 23.5 Å². The number of carbonyl (C=O) groups is 1. The lowest BCUT2D eigenvalue weighted by Crippen LogP contribution is -2.23. The molecule has 0 aliphatic carbocycles. The molecule has 31 heavy (non-hydrogen) atoms. The molecule has 5 rings (SSSR count). The minimum atomic E-state index is -0.871. The number of hydrogen-bond acceptors (Lipinski definition) is 5. The number of benzene rings is 2. The number of carboxylic acids is 1. The molecule has 1 aromatic heterocycles. The third-order valence-corrected chi connectivity index (χ3v) is 6.77. The molecule has 0 amide bonds. The van der Waals surface area contributed by atoms with Crippen LogP contribution in [0.3, 0.4) is 0 Å². The van der Waals surface area contributed by atoms with Crippen molar-refractivity contribution < 1.29 is 24.9 Å².